The summed E-state index contributed by atoms with van der Waals surface area (Å²) in [5.41, 5.74) is 6.61. The first-order valence-corrected chi connectivity index (χ1v) is 11.4. The van der Waals surface area contributed by atoms with E-state index in [4.69, 9.17) is 19.2 Å². The minimum absolute atomic E-state index is 0.184. The SMILES string of the molecule is Cc1ccc(C2c3c(C)nn(-c4ccccc4)c3Oc3ncn4nc(-c5ccco5)nc4c32)cc1. The Labute approximate surface area is 200 Å². The third kappa shape index (κ3) is 3.00. The lowest BCUT2D eigenvalue weighted by molar-refractivity contribution is 0.402. The number of aryl methyl sites for hydroxylation is 2. The maximum atomic E-state index is 6.45. The molecule has 8 heteroatoms. The van der Waals surface area contributed by atoms with Gasteiger partial charge in [0.25, 0.3) is 0 Å². The van der Waals surface area contributed by atoms with Gasteiger partial charge in [-0.15, -0.1) is 5.10 Å². The molecule has 0 N–H and O–H groups in total. The zero-order valence-corrected chi connectivity index (χ0v) is 19.1. The van der Waals surface area contributed by atoms with Crippen molar-refractivity contribution in [1.29, 1.82) is 0 Å². The van der Waals surface area contributed by atoms with Crippen LogP contribution in [-0.4, -0.2) is 29.4 Å². The molecular weight excluding hydrogens is 440 g/mol. The van der Waals surface area contributed by atoms with Gasteiger partial charge in [0, 0.05) is 0 Å². The molecule has 2 aromatic carbocycles. The van der Waals surface area contributed by atoms with E-state index in [-0.39, 0.29) is 5.92 Å². The number of fused-ring (bicyclic) bond motifs is 4. The Balaban J connectivity index is 1.51. The van der Waals surface area contributed by atoms with Crippen molar-refractivity contribution in [2.24, 2.45) is 0 Å². The van der Waals surface area contributed by atoms with Gasteiger partial charge in [0.1, 0.15) is 6.33 Å². The Kier molecular flexibility index (Phi) is 4.17. The summed E-state index contributed by atoms with van der Waals surface area (Å²) < 4.78 is 15.5. The fourth-order valence-electron chi connectivity index (χ4n) is 4.72. The van der Waals surface area contributed by atoms with Crippen LogP contribution in [0.1, 0.15) is 33.9 Å². The van der Waals surface area contributed by atoms with Crippen LogP contribution in [-0.2, 0) is 0 Å². The maximum absolute atomic E-state index is 6.45. The van der Waals surface area contributed by atoms with Gasteiger partial charge >= 0.3 is 0 Å². The number of ether oxygens (including phenoxy) is 1. The molecule has 0 bridgehead atoms. The van der Waals surface area contributed by atoms with Gasteiger partial charge in [-0.1, -0.05) is 48.0 Å². The molecule has 7 rings (SSSR count). The van der Waals surface area contributed by atoms with Crippen molar-refractivity contribution in [3.63, 3.8) is 0 Å². The van der Waals surface area contributed by atoms with Crippen molar-refractivity contribution in [1.82, 2.24) is 29.4 Å². The molecule has 0 amide bonds. The summed E-state index contributed by atoms with van der Waals surface area (Å²) in [6.07, 6.45) is 3.24. The van der Waals surface area contributed by atoms with Crippen LogP contribution >= 0.6 is 0 Å². The molecule has 0 saturated carbocycles. The molecule has 1 aliphatic heterocycles. The van der Waals surface area contributed by atoms with Gasteiger partial charge in [-0.05, 0) is 43.7 Å². The number of rotatable bonds is 3. The Morgan fingerprint density at radius 3 is 2.46 bits per heavy atom. The van der Waals surface area contributed by atoms with Crippen molar-refractivity contribution in [3.05, 3.63) is 107 Å². The quantitative estimate of drug-likeness (QED) is 0.348. The zero-order chi connectivity index (χ0) is 23.5. The van der Waals surface area contributed by atoms with Crippen LogP contribution in [0, 0.1) is 13.8 Å². The summed E-state index contributed by atoms with van der Waals surface area (Å²) in [5, 5.41) is 9.48. The molecule has 1 unspecified atom stereocenters. The summed E-state index contributed by atoms with van der Waals surface area (Å²) in [7, 11) is 0. The molecule has 6 aromatic rings. The number of aromatic nitrogens is 6. The summed E-state index contributed by atoms with van der Waals surface area (Å²) in [4.78, 5) is 9.49. The molecule has 1 aliphatic rings. The molecule has 170 valence electrons. The second kappa shape index (κ2) is 7.39. The molecule has 4 aromatic heterocycles. The van der Waals surface area contributed by atoms with E-state index < -0.39 is 0 Å². The maximum Gasteiger partial charge on any atom is 0.230 e. The number of para-hydroxylation sites is 1. The third-order valence-electron chi connectivity index (χ3n) is 6.37. The highest BCUT2D eigenvalue weighted by Crippen LogP contribution is 2.49. The smallest absolute Gasteiger partial charge is 0.230 e. The lowest BCUT2D eigenvalue weighted by Gasteiger charge is -2.26. The van der Waals surface area contributed by atoms with Crippen LogP contribution in [0.25, 0.3) is 22.9 Å². The molecule has 8 nitrogen and oxygen atoms in total. The predicted octanol–water partition coefficient (Wildman–Crippen LogP) is 5.47. The van der Waals surface area contributed by atoms with Crippen molar-refractivity contribution < 1.29 is 9.15 Å². The Morgan fingerprint density at radius 1 is 0.857 bits per heavy atom. The van der Waals surface area contributed by atoms with E-state index in [1.807, 2.05) is 54.1 Å². The highest BCUT2D eigenvalue weighted by atomic mass is 16.5. The second-order valence-electron chi connectivity index (χ2n) is 8.64. The van der Waals surface area contributed by atoms with Crippen LogP contribution in [0.4, 0.5) is 0 Å². The van der Waals surface area contributed by atoms with Gasteiger partial charge in [-0.3, -0.25) is 0 Å². The van der Waals surface area contributed by atoms with Crippen LogP contribution < -0.4 is 4.74 Å². The van der Waals surface area contributed by atoms with Crippen molar-refractivity contribution in [3.8, 4) is 29.0 Å². The monoisotopic (exact) mass is 460 g/mol. The van der Waals surface area contributed by atoms with E-state index in [1.165, 1.54) is 5.56 Å². The first-order valence-electron chi connectivity index (χ1n) is 11.4. The first kappa shape index (κ1) is 19.7. The fourth-order valence-corrected chi connectivity index (χ4v) is 4.72. The van der Waals surface area contributed by atoms with Gasteiger partial charge < -0.3 is 9.15 Å². The van der Waals surface area contributed by atoms with Gasteiger partial charge in [0.15, 0.2) is 11.4 Å². The van der Waals surface area contributed by atoms with E-state index in [1.54, 1.807) is 17.1 Å². The van der Waals surface area contributed by atoms with Crippen LogP contribution in [0.3, 0.4) is 0 Å². The molecule has 0 aliphatic carbocycles. The van der Waals surface area contributed by atoms with E-state index in [2.05, 4.69) is 41.3 Å². The minimum atomic E-state index is -0.184. The first-order chi connectivity index (χ1) is 17.2. The van der Waals surface area contributed by atoms with Gasteiger partial charge in [-0.25, -0.2) is 19.2 Å². The zero-order valence-electron chi connectivity index (χ0n) is 19.1. The number of hydrogen-bond acceptors (Lipinski definition) is 6. The molecule has 0 fully saturated rings. The molecule has 35 heavy (non-hydrogen) atoms. The van der Waals surface area contributed by atoms with Crippen LogP contribution in [0.15, 0.2) is 83.7 Å². The Bertz CT molecular complexity index is 1680. The van der Waals surface area contributed by atoms with E-state index in [0.29, 0.717) is 29.0 Å². The number of benzene rings is 2. The summed E-state index contributed by atoms with van der Waals surface area (Å²) in [6, 6.07) is 22.2. The largest absolute Gasteiger partial charge is 0.461 e. The van der Waals surface area contributed by atoms with Crippen molar-refractivity contribution in [2.45, 2.75) is 19.8 Å². The Hall–Kier alpha value is -4.72. The second-order valence-corrected chi connectivity index (χ2v) is 8.64. The highest BCUT2D eigenvalue weighted by Gasteiger charge is 2.38. The molecule has 0 radical (unpaired) electrons. The van der Waals surface area contributed by atoms with E-state index >= 15 is 0 Å². The molecule has 0 spiro atoms. The highest BCUT2D eigenvalue weighted by molar-refractivity contribution is 5.68. The number of nitrogens with zero attached hydrogens (tertiary/aromatic N) is 6. The summed E-state index contributed by atoms with van der Waals surface area (Å²) in [6.45, 7) is 4.10. The summed E-state index contributed by atoms with van der Waals surface area (Å²) >= 11 is 0. The van der Waals surface area contributed by atoms with E-state index in [9.17, 15) is 0 Å². The third-order valence-corrected chi connectivity index (χ3v) is 6.37. The number of hydrogen-bond donors (Lipinski definition) is 0. The normalized spacial score (nSPS) is 14.5. The van der Waals surface area contributed by atoms with Crippen molar-refractivity contribution in [2.75, 3.05) is 0 Å². The number of furan rings is 1. The van der Waals surface area contributed by atoms with Gasteiger partial charge in [0.2, 0.25) is 17.6 Å². The average Bonchev–Trinajstić information content (AvgIpc) is 3.63. The van der Waals surface area contributed by atoms with E-state index in [0.717, 1.165) is 28.1 Å². The lowest BCUT2D eigenvalue weighted by atomic mass is 9.84. The van der Waals surface area contributed by atoms with Crippen molar-refractivity contribution >= 4 is 5.65 Å². The Morgan fingerprint density at radius 2 is 1.69 bits per heavy atom. The van der Waals surface area contributed by atoms with Gasteiger partial charge in [-0.2, -0.15) is 5.10 Å². The molecular formula is C27H20N6O2. The fraction of sp³-hybridized carbons (Fsp3) is 0.111. The minimum Gasteiger partial charge on any atom is -0.461 e. The lowest BCUT2D eigenvalue weighted by Crippen LogP contribution is -2.16. The molecule has 5 heterocycles. The van der Waals surface area contributed by atoms with Gasteiger partial charge in [0.05, 0.1) is 34.7 Å². The predicted molar refractivity (Wildman–Crippen MR) is 129 cm³/mol. The average molecular weight is 460 g/mol. The van der Waals surface area contributed by atoms with Crippen LogP contribution in [0.5, 0.6) is 11.8 Å². The molecule has 0 saturated heterocycles. The molecule has 1 atom stereocenters. The van der Waals surface area contributed by atoms with Crippen LogP contribution in [0.2, 0.25) is 0 Å². The summed E-state index contributed by atoms with van der Waals surface area (Å²) in [5.74, 6) is 2.06. The topological polar surface area (TPSA) is 83.3 Å². The standard InChI is InChI=1S/C27H20N6O2/c1-16-10-12-18(13-11-16)22-21-17(2)30-33(19-7-4-3-5-8-19)27(21)35-26-23(22)25-29-24(20-9-6-14-34-20)31-32(25)15-28-26/h3-15,22H,1-2H3.